The topological polar surface area (TPSA) is 72.2 Å². The third-order valence-electron chi connectivity index (χ3n) is 4.75. The van der Waals surface area contributed by atoms with Gasteiger partial charge in [-0.2, -0.15) is 0 Å². The number of anilines is 1. The summed E-state index contributed by atoms with van der Waals surface area (Å²) in [6.45, 7) is 0. The van der Waals surface area contributed by atoms with Crippen molar-refractivity contribution < 1.29 is 12.8 Å². The van der Waals surface area contributed by atoms with Crippen molar-refractivity contribution in [2.75, 3.05) is 4.72 Å². The number of rotatable bonds is 6. The van der Waals surface area contributed by atoms with E-state index in [0.29, 0.717) is 18.0 Å². The molecule has 0 unspecified atom stereocenters. The molecule has 1 N–H and O–H groups in total. The van der Waals surface area contributed by atoms with Crippen LogP contribution in [0.3, 0.4) is 0 Å². The Balaban J connectivity index is 1.69. The molecule has 0 saturated heterocycles. The summed E-state index contributed by atoms with van der Waals surface area (Å²) in [5.41, 5.74) is 2.70. The van der Waals surface area contributed by atoms with Crippen molar-refractivity contribution in [3.05, 3.63) is 83.9 Å². The van der Waals surface area contributed by atoms with Gasteiger partial charge in [-0.3, -0.25) is 0 Å². The van der Waals surface area contributed by atoms with Gasteiger partial charge in [0.15, 0.2) is 0 Å². The second kappa shape index (κ2) is 8.02. The van der Waals surface area contributed by atoms with Crippen molar-refractivity contribution in [3.63, 3.8) is 0 Å². The van der Waals surface area contributed by atoms with E-state index in [9.17, 15) is 8.42 Å². The molecule has 5 nitrogen and oxygen atoms in total. The summed E-state index contributed by atoms with van der Waals surface area (Å²) in [6.07, 6.45) is 6.70. The Morgan fingerprint density at radius 1 is 0.964 bits per heavy atom. The van der Waals surface area contributed by atoms with Crippen LogP contribution in [0.2, 0.25) is 0 Å². The van der Waals surface area contributed by atoms with E-state index < -0.39 is 10.0 Å². The molecule has 0 spiro atoms. The third kappa shape index (κ3) is 4.17. The van der Waals surface area contributed by atoms with Gasteiger partial charge in [-0.25, -0.2) is 18.1 Å². The highest BCUT2D eigenvalue weighted by Gasteiger charge is 2.23. The maximum atomic E-state index is 12.8. The highest BCUT2D eigenvalue weighted by Crippen LogP contribution is 2.33. The first-order chi connectivity index (χ1) is 13.6. The average molecular weight is 394 g/mol. The van der Waals surface area contributed by atoms with Gasteiger partial charge in [0, 0.05) is 6.42 Å². The summed E-state index contributed by atoms with van der Waals surface area (Å²) in [5.74, 6) is 0.696. The Labute approximate surface area is 165 Å². The van der Waals surface area contributed by atoms with Crippen LogP contribution in [0.25, 0.3) is 5.57 Å². The molecule has 1 heterocycles. The first-order valence-electron chi connectivity index (χ1n) is 9.43. The van der Waals surface area contributed by atoms with Crippen molar-refractivity contribution in [2.24, 2.45) is 0 Å². The van der Waals surface area contributed by atoms with Gasteiger partial charge in [0.25, 0.3) is 10.0 Å². The second-order valence-electron chi connectivity index (χ2n) is 6.84. The van der Waals surface area contributed by atoms with E-state index in [1.165, 1.54) is 0 Å². The van der Waals surface area contributed by atoms with Gasteiger partial charge in [0.05, 0.1) is 4.90 Å². The number of oxazole rings is 1. The predicted octanol–water partition coefficient (Wildman–Crippen LogP) is 5.02. The third-order valence-corrected chi connectivity index (χ3v) is 6.09. The second-order valence-corrected chi connectivity index (χ2v) is 8.52. The van der Waals surface area contributed by atoms with Crippen molar-refractivity contribution in [1.82, 2.24) is 4.98 Å². The van der Waals surface area contributed by atoms with Crippen molar-refractivity contribution in [1.29, 1.82) is 0 Å². The molecule has 4 rings (SSSR count). The molecule has 1 aromatic heterocycles. The van der Waals surface area contributed by atoms with Crippen LogP contribution in [0.15, 0.2) is 76.1 Å². The molecule has 144 valence electrons. The number of nitrogens with zero attached hydrogens (tertiary/aromatic N) is 1. The molecule has 0 fully saturated rings. The Morgan fingerprint density at radius 2 is 1.68 bits per heavy atom. The van der Waals surface area contributed by atoms with Crippen LogP contribution in [-0.2, 0) is 16.4 Å². The van der Waals surface area contributed by atoms with Crippen LogP contribution in [0, 0.1) is 0 Å². The zero-order valence-electron chi connectivity index (χ0n) is 15.5. The lowest BCUT2D eigenvalue weighted by Gasteiger charge is -2.12. The fraction of sp³-hybridized carbons (Fsp3) is 0.227. The number of aromatic nitrogens is 1. The van der Waals surface area contributed by atoms with Gasteiger partial charge in [0.2, 0.25) is 11.8 Å². The van der Waals surface area contributed by atoms with E-state index in [2.05, 4.69) is 15.8 Å². The summed E-state index contributed by atoms with van der Waals surface area (Å²) in [7, 11) is -3.74. The minimum Gasteiger partial charge on any atom is -0.423 e. The van der Waals surface area contributed by atoms with E-state index in [4.69, 9.17) is 4.42 Å². The highest BCUT2D eigenvalue weighted by molar-refractivity contribution is 7.92. The number of allylic oxidation sites excluding steroid dienone is 2. The number of nitrogens with one attached hydrogen (secondary N) is 1. The molecule has 0 amide bonds. The lowest BCUT2D eigenvalue weighted by molar-refractivity contribution is 0.521. The molecule has 0 saturated carbocycles. The van der Waals surface area contributed by atoms with E-state index >= 15 is 0 Å². The summed E-state index contributed by atoms with van der Waals surface area (Å²) < 4.78 is 34.1. The molecular weight excluding hydrogens is 372 g/mol. The summed E-state index contributed by atoms with van der Waals surface area (Å²) in [6, 6.07) is 18.2. The van der Waals surface area contributed by atoms with Gasteiger partial charge >= 0.3 is 0 Å². The van der Waals surface area contributed by atoms with Gasteiger partial charge in [-0.1, -0.05) is 54.6 Å². The molecular formula is C22H22N2O3S. The maximum Gasteiger partial charge on any atom is 0.264 e. The maximum absolute atomic E-state index is 12.8. The quantitative estimate of drug-likeness (QED) is 0.637. The molecule has 3 aromatic rings. The molecule has 6 heteroatoms. The lowest BCUT2D eigenvalue weighted by Crippen LogP contribution is -2.13. The van der Waals surface area contributed by atoms with Crippen molar-refractivity contribution in [2.45, 2.75) is 37.0 Å². The van der Waals surface area contributed by atoms with Crippen LogP contribution in [0.5, 0.6) is 0 Å². The lowest BCUT2D eigenvalue weighted by atomic mass is 9.97. The van der Waals surface area contributed by atoms with Gasteiger partial charge in [-0.15, -0.1) is 0 Å². The molecule has 0 atom stereocenters. The number of hydrogen-bond acceptors (Lipinski definition) is 4. The Bertz CT molecular complexity index is 1070. The van der Waals surface area contributed by atoms with Gasteiger partial charge in [-0.05, 0) is 49.0 Å². The monoisotopic (exact) mass is 394 g/mol. The van der Waals surface area contributed by atoms with Crippen LogP contribution in [-0.4, -0.2) is 13.4 Å². The summed E-state index contributed by atoms with van der Waals surface area (Å²) in [5, 5.41) is 0. The number of sulfonamides is 1. The molecule has 1 aliphatic carbocycles. The summed E-state index contributed by atoms with van der Waals surface area (Å²) in [4.78, 5) is 4.84. The Morgan fingerprint density at radius 3 is 2.36 bits per heavy atom. The first kappa shape index (κ1) is 18.5. The zero-order chi connectivity index (χ0) is 19.4. The van der Waals surface area contributed by atoms with E-state index in [1.807, 2.05) is 30.3 Å². The smallest absolute Gasteiger partial charge is 0.264 e. The molecule has 2 aromatic carbocycles. The minimum atomic E-state index is -3.74. The zero-order valence-corrected chi connectivity index (χ0v) is 16.3. The molecule has 0 radical (unpaired) electrons. The molecule has 0 bridgehead atoms. The normalized spacial score (nSPS) is 14.5. The van der Waals surface area contributed by atoms with Crippen LogP contribution < -0.4 is 4.72 Å². The SMILES string of the molecule is O=S(=O)(Nc1oc(Cc2ccccc2)nc1C1=CCCCC1)c1ccccc1. The average Bonchev–Trinajstić information content (AvgIpc) is 3.11. The molecule has 1 aliphatic rings. The Hall–Kier alpha value is -2.86. The largest absolute Gasteiger partial charge is 0.423 e. The predicted molar refractivity (Wildman–Crippen MR) is 109 cm³/mol. The molecule has 28 heavy (non-hydrogen) atoms. The van der Waals surface area contributed by atoms with Crippen LogP contribution >= 0.6 is 0 Å². The number of benzene rings is 2. The van der Waals surface area contributed by atoms with Crippen molar-refractivity contribution >= 4 is 21.5 Å². The van der Waals surface area contributed by atoms with Gasteiger partial charge < -0.3 is 4.42 Å². The molecule has 0 aliphatic heterocycles. The van der Waals surface area contributed by atoms with E-state index in [-0.39, 0.29) is 10.8 Å². The summed E-state index contributed by atoms with van der Waals surface area (Å²) >= 11 is 0. The highest BCUT2D eigenvalue weighted by atomic mass is 32.2. The Kier molecular flexibility index (Phi) is 5.30. The van der Waals surface area contributed by atoms with E-state index in [0.717, 1.165) is 36.8 Å². The fourth-order valence-corrected chi connectivity index (χ4v) is 4.35. The van der Waals surface area contributed by atoms with Crippen molar-refractivity contribution in [3.8, 4) is 0 Å². The minimum absolute atomic E-state index is 0.194. The fourth-order valence-electron chi connectivity index (χ4n) is 3.33. The van der Waals surface area contributed by atoms with Crippen LogP contribution in [0.4, 0.5) is 5.88 Å². The first-order valence-corrected chi connectivity index (χ1v) is 10.9. The van der Waals surface area contributed by atoms with E-state index in [1.54, 1.807) is 30.3 Å². The standard InChI is InChI=1S/C22H22N2O3S/c25-28(26,19-14-8-3-9-15-19)24-22-21(18-12-6-2-7-13-18)23-20(27-22)16-17-10-4-1-5-11-17/h1,3-5,8-12,14-15,24H,2,6-7,13,16H2. The number of hydrogen-bond donors (Lipinski definition) is 1. The van der Waals surface area contributed by atoms with Gasteiger partial charge in [0.1, 0.15) is 5.69 Å². The van der Waals surface area contributed by atoms with Crippen LogP contribution in [0.1, 0.15) is 42.8 Å².